The second kappa shape index (κ2) is 8.55. The van der Waals surface area contributed by atoms with Gasteiger partial charge in [-0.2, -0.15) is 0 Å². The van der Waals surface area contributed by atoms with Gasteiger partial charge in [-0.05, 0) is 37.2 Å². The molecule has 2 N–H and O–H groups in total. The third-order valence-electron chi connectivity index (χ3n) is 5.35. The first kappa shape index (κ1) is 20.7. The lowest BCUT2D eigenvalue weighted by Crippen LogP contribution is -2.58. The summed E-state index contributed by atoms with van der Waals surface area (Å²) in [7, 11) is 0. The van der Waals surface area contributed by atoms with Gasteiger partial charge < -0.3 is 10.6 Å². The van der Waals surface area contributed by atoms with Crippen molar-refractivity contribution in [1.82, 2.24) is 25.5 Å². The van der Waals surface area contributed by atoms with E-state index in [1.807, 2.05) is 6.92 Å². The van der Waals surface area contributed by atoms with Gasteiger partial charge in [-0.25, -0.2) is 9.97 Å². The lowest BCUT2D eigenvalue weighted by Gasteiger charge is -2.38. The minimum atomic E-state index is -0.397. The fourth-order valence-corrected chi connectivity index (χ4v) is 4.14. The third-order valence-corrected chi connectivity index (χ3v) is 5.35. The van der Waals surface area contributed by atoms with Gasteiger partial charge in [0.2, 0.25) is 11.8 Å². The van der Waals surface area contributed by atoms with Gasteiger partial charge >= 0.3 is 0 Å². The Bertz CT molecular complexity index is 741. The first-order valence-electron chi connectivity index (χ1n) is 10.4. The average Bonchev–Trinajstić information content (AvgIpc) is 3.06. The molecule has 1 aliphatic heterocycles. The maximum Gasteiger partial charge on any atom is 0.237 e. The molecule has 2 aliphatic rings. The van der Waals surface area contributed by atoms with Crippen LogP contribution in [-0.2, 0) is 28.9 Å². The predicted octanol–water partition coefficient (Wildman–Crippen LogP) is 1.17. The molecule has 1 aliphatic carbocycles. The number of hydrogen-bond acceptors (Lipinski definition) is 5. The van der Waals surface area contributed by atoms with Gasteiger partial charge in [0.25, 0.3) is 0 Å². The Labute approximate surface area is 167 Å². The molecule has 1 atom stereocenters. The molecule has 0 aromatic carbocycles. The van der Waals surface area contributed by atoms with E-state index in [4.69, 9.17) is 0 Å². The van der Waals surface area contributed by atoms with Crippen LogP contribution in [0.25, 0.3) is 0 Å². The van der Waals surface area contributed by atoms with Gasteiger partial charge in [0.15, 0.2) is 0 Å². The van der Waals surface area contributed by atoms with Crippen molar-refractivity contribution in [1.29, 1.82) is 0 Å². The Morgan fingerprint density at radius 3 is 2.82 bits per heavy atom. The van der Waals surface area contributed by atoms with Crippen LogP contribution in [0, 0.1) is 12.3 Å². The van der Waals surface area contributed by atoms with Crippen molar-refractivity contribution < 1.29 is 9.59 Å². The summed E-state index contributed by atoms with van der Waals surface area (Å²) < 4.78 is 0. The van der Waals surface area contributed by atoms with Crippen LogP contribution in [0.3, 0.4) is 0 Å². The van der Waals surface area contributed by atoms with Crippen molar-refractivity contribution in [3.63, 3.8) is 0 Å². The number of carbonyl (C=O) groups is 2. The molecule has 1 aromatic rings. The molecule has 3 rings (SSSR count). The number of fused-ring (bicyclic) bond motifs is 1. The molecule has 0 saturated carbocycles. The van der Waals surface area contributed by atoms with Gasteiger partial charge in [-0.1, -0.05) is 20.8 Å². The number of nitrogens with one attached hydrogen (secondary N) is 2. The highest BCUT2D eigenvalue weighted by Crippen LogP contribution is 2.22. The lowest BCUT2D eigenvalue weighted by molar-refractivity contribution is -0.134. The number of aryl methyl sites for hydroxylation is 2. The number of rotatable bonds is 6. The summed E-state index contributed by atoms with van der Waals surface area (Å²) in [5.41, 5.74) is 3.62. The minimum Gasteiger partial charge on any atom is -0.356 e. The van der Waals surface area contributed by atoms with E-state index in [-0.39, 0.29) is 23.7 Å². The van der Waals surface area contributed by atoms with Gasteiger partial charge in [0.05, 0.1) is 12.5 Å². The van der Waals surface area contributed by atoms with Gasteiger partial charge in [0.1, 0.15) is 5.82 Å². The molecule has 0 spiro atoms. The van der Waals surface area contributed by atoms with Crippen LogP contribution in [0.15, 0.2) is 0 Å². The van der Waals surface area contributed by atoms with Crippen LogP contribution in [0.2, 0.25) is 0 Å². The Hall–Kier alpha value is -2.02. The summed E-state index contributed by atoms with van der Waals surface area (Å²) in [5, 5.41) is 5.83. The van der Waals surface area contributed by atoms with Gasteiger partial charge in [-0.3, -0.25) is 14.5 Å². The molecule has 2 heterocycles. The lowest BCUT2D eigenvalue weighted by atomic mass is 9.94. The molecule has 1 aromatic heterocycles. The third kappa shape index (κ3) is 5.28. The largest absolute Gasteiger partial charge is 0.356 e. The molecule has 0 unspecified atom stereocenters. The monoisotopic (exact) mass is 387 g/mol. The number of piperazine rings is 1. The maximum absolute atomic E-state index is 12.5. The summed E-state index contributed by atoms with van der Waals surface area (Å²) in [6.45, 7) is 11.2. The Morgan fingerprint density at radius 1 is 1.29 bits per heavy atom. The number of carbonyl (C=O) groups excluding carboxylic acids is 2. The molecule has 1 fully saturated rings. The van der Waals surface area contributed by atoms with Crippen LogP contribution in [-0.4, -0.2) is 58.9 Å². The summed E-state index contributed by atoms with van der Waals surface area (Å²) in [5.74, 6) is 0.644. The quantitative estimate of drug-likeness (QED) is 0.765. The molecule has 1 saturated heterocycles. The fourth-order valence-electron chi connectivity index (χ4n) is 4.14. The Morgan fingerprint density at radius 2 is 2.07 bits per heavy atom. The minimum absolute atomic E-state index is 0.0526. The zero-order valence-electron chi connectivity index (χ0n) is 17.6. The fraction of sp³-hybridized carbons (Fsp3) is 0.714. The van der Waals surface area contributed by atoms with E-state index >= 15 is 0 Å². The first-order valence-corrected chi connectivity index (χ1v) is 10.4. The van der Waals surface area contributed by atoms with Crippen molar-refractivity contribution in [2.45, 2.75) is 65.8 Å². The Kier molecular flexibility index (Phi) is 6.33. The maximum atomic E-state index is 12.5. The average molecular weight is 388 g/mol. The smallest absolute Gasteiger partial charge is 0.237 e. The first-order chi connectivity index (χ1) is 13.2. The molecular weight excluding hydrogens is 354 g/mol. The van der Waals surface area contributed by atoms with E-state index in [9.17, 15) is 9.59 Å². The van der Waals surface area contributed by atoms with Crippen LogP contribution in [0.1, 0.15) is 56.4 Å². The Balaban J connectivity index is 1.52. The van der Waals surface area contributed by atoms with E-state index in [2.05, 4.69) is 46.3 Å². The molecule has 0 radical (unpaired) electrons. The number of amides is 2. The van der Waals surface area contributed by atoms with E-state index < -0.39 is 6.04 Å². The SMILES string of the molecule is Cc1nc(CCNC(=O)C[C@H]2C(=O)NCCN2CC(C)(C)C)nc2c1CCC2. The second-order valence-corrected chi connectivity index (χ2v) is 9.15. The van der Waals surface area contributed by atoms with E-state index in [1.165, 1.54) is 11.3 Å². The normalized spacial score (nSPS) is 20.0. The highest BCUT2D eigenvalue weighted by atomic mass is 16.2. The van der Waals surface area contributed by atoms with E-state index in [0.717, 1.165) is 43.9 Å². The zero-order valence-corrected chi connectivity index (χ0v) is 17.6. The van der Waals surface area contributed by atoms with Crippen molar-refractivity contribution >= 4 is 11.8 Å². The molecular formula is C21H33N5O2. The predicted molar refractivity (Wildman–Crippen MR) is 108 cm³/mol. The molecule has 154 valence electrons. The number of aromatic nitrogens is 2. The highest BCUT2D eigenvalue weighted by molar-refractivity contribution is 5.88. The van der Waals surface area contributed by atoms with Crippen molar-refractivity contribution in [3.8, 4) is 0 Å². The summed E-state index contributed by atoms with van der Waals surface area (Å²) in [6, 6.07) is -0.397. The van der Waals surface area contributed by atoms with E-state index in [1.54, 1.807) is 0 Å². The second-order valence-electron chi connectivity index (χ2n) is 9.15. The standard InChI is InChI=1S/C21H33N5O2/c1-14-15-6-5-7-16(15)25-18(24-14)8-9-22-19(27)12-17-20(28)23-10-11-26(17)13-21(2,3)4/h17H,5-13H2,1-4H3,(H,22,27)(H,23,28)/t17-/m0/s1. The molecule has 7 nitrogen and oxygen atoms in total. The molecule has 7 heteroatoms. The summed E-state index contributed by atoms with van der Waals surface area (Å²) in [6.07, 6.45) is 4.05. The van der Waals surface area contributed by atoms with Crippen LogP contribution >= 0.6 is 0 Å². The number of hydrogen-bond donors (Lipinski definition) is 2. The highest BCUT2D eigenvalue weighted by Gasteiger charge is 2.33. The molecule has 28 heavy (non-hydrogen) atoms. The van der Waals surface area contributed by atoms with E-state index in [0.29, 0.717) is 19.5 Å². The van der Waals surface area contributed by atoms with Gasteiger partial charge in [0, 0.05) is 44.0 Å². The zero-order chi connectivity index (χ0) is 20.3. The van der Waals surface area contributed by atoms with Crippen molar-refractivity contribution in [2.24, 2.45) is 5.41 Å². The van der Waals surface area contributed by atoms with Crippen molar-refractivity contribution in [3.05, 3.63) is 22.8 Å². The number of nitrogens with zero attached hydrogens (tertiary/aromatic N) is 3. The van der Waals surface area contributed by atoms with Crippen molar-refractivity contribution in [2.75, 3.05) is 26.2 Å². The molecule has 0 bridgehead atoms. The van der Waals surface area contributed by atoms with Crippen LogP contribution < -0.4 is 10.6 Å². The summed E-state index contributed by atoms with van der Waals surface area (Å²) in [4.78, 5) is 36.1. The van der Waals surface area contributed by atoms with Crippen LogP contribution in [0.4, 0.5) is 0 Å². The van der Waals surface area contributed by atoms with Crippen LogP contribution in [0.5, 0.6) is 0 Å². The molecule has 2 amide bonds. The summed E-state index contributed by atoms with van der Waals surface area (Å²) >= 11 is 0. The van der Waals surface area contributed by atoms with Gasteiger partial charge in [-0.15, -0.1) is 0 Å². The topological polar surface area (TPSA) is 87.2 Å².